The number of rotatable bonds is 4. The van der Waals surface area contributed by atoms with Gasteiger partial charge in [-0.1, -0.05) is 12.1 Å². The van der Waals surface area contributed by atoms with Crippen LogP contribution < -0.4 is 10.2 Å². The Morgan fingerprint density at radius 2 is 1.45 bits per heavy atom. The lowest BCUT2D eigenvalue weighted by molar-refractivity contribution is -0.143. The maximum atomic E-state index is 13.5. The van der Waals surface area contributed by atoms with Gasteiger partial charge in [0.2, 0.25) is 5.91 Å². The number of likely N-dealkylation sites (tertiary alicyclic amines) is 1. The van der Waals surface area contributed by atoms with Crippen molar-refractivity contribution in [3.63, 3.8) is 0 Å². The summed E-state index contributed by atoms with van der Waals surface area (Å²) in [4.78, 5) is 29.8. The molecule has 2 aromatic rings. The summed E-state index contributed by atoms with van der Waals surface area (Å²) in [7, 11) is 2.45. The predicted molar refractivity (Wildman–Crippen MR) is 124 cm³/mol. The Morgan fingerprint density at radius 3 is 1.92 bits per heavy atom. The molecule has 38 heavy (non-hydrogen) atoms. The number of benzene rings is 2. The van der Waals surface area contributed by atoms with E-state index in [2.05, 4.69) is 5.32 Å². The zero-order chi connectivity index (χ0) is 28.0. The number of amides is 3. The van der Waals surface area contributed by atoms with E-state index >= 15 is 0 Å². The second kappa shape index (κ2) is 10.1. The number of carbonyl (C=O) groups excluding carboxylic acids is 2. The molecule has 0 aromatic heterocycles. The summed E-state index contributed by atoms with van der Waals surface area (Å²) >= 11 is 0. The quantitative estimate of drug-likeness (QED) is 0.572. The first-order valence-electron chi connectivity index (χ1n) is 11.7. The van der Waals surface area contributed by atoms with Gasteiger partial charge >= 0.3 is 18.4 Å². The average molecular weight is 546 g/mol. The summed E-state index contributed by atoms with van der Waals surface area (Å²) in [6.07, 6.45) is -10.1. The van der Waals surface area contributed by atoms with Crippen molar-refractivity contribution in [2.75, 3.05) is 45.2 Å². The van der Waals surface area contributed by atoms with Crippen LogP contribution in [0.15, 0.2) is 42.5 Å². The topological polar surface area (TPSA) is 55.9 Å². The van der Waals surface area contributed by atoms with Crippen LogP contribution in [-0.2, 0) is 17.1 Å². The van der Waals surface area contributed by atoms with Gasteiger partial charge in [0.1, 0.15) is 5.82 Å². The van der Waals surface area contributed by atoms with Crippen molar-refractivity contribution in [1.29, 1.82) is 0 Å². The van der Waals surface area contributed by atoms with Crippen LogP contribution in [0, 0.1) is 11.7 Å². The number of halogens is 7. The van der Waals surface area contributed by atoms with Crippen molar-refractivity contribution in [3.8, 4) is 0 Å². The van der Waals surface area contributed by atoms with E-state index in [9.17, 15) is 40.3 Å². The van der Waals surface area contributed by atoms with Crippen LogP contribution in [0.4, 0.5) is 41.2 Å². The molecule has 0 saturated carbocycles. The van der Waals surface area contributed by atoms with Crippen molar-refractivity contribution >= 4 is 17.6 Å². The molecule has 4 rings (SSSR count). The number of hydrogen-bond donors (Lipinski definition) is 1. The highest BCUT2D eigenvalue weighted by molar-refractivity contribution is 5.92. The number of nitrogens with one attached hydrogen (secondary N) is 1. The summed E-state index contributed by atoms with van der Waals surface area (Å²) in [5, 5.41) is 3.01. The van der Waals surface area contributed by atoms with E-state index in [-0.39, 0.29) is 31.0 Å². The zero-order valence-electron chi connectivity index (χ0n) is 20.4. The molecule has 13 heteroatoms. The fraction of sp³-hybridized carbons (Fsp3) is 0.440. The van der Waals surface area contributed by atoms with Gasteiger partial charge in [-0.15, -0.1) is 0 Å². The fourth-order valence-corrected chi connectivity index (χ4v) is 4.74. The van der Waals surface area contributed by atoms with Crippen LogP contribution in [0.25, 0.3) is 0 Å². The molecule has 2 atom stereocenters. The maximum Gasteiger partial charge on any atom is 0.416 e. The Bertz CT molecular complexity index is 1160. The molecule has 0 radical (unpaired) electrons. The number of anilines is 1. The predicted octanol–water partition coefficient (Wildman–Crippen LogP) is 4.57. The maximum absolute atomic E-state index is 13.5. The highest BCUT2D eigenvalue weighted by atomic mass is 19.4. The lowest BCUT2D eigenvalue weighted by atomic mass is 9.93. The van der Waals surface area contributed by atoms with Crippen molar-refractivity contribution in [2.45, 2.75) is 24.3 Å². The molecule has 6 nitrogen and oxygen atoms in total. The van der Waals surface area contributed by atoms with Crippen molar-refractivity contribution < 1.29 is 40.3 Å². The molecule has 2 fully saturated rings. The van der Waals surface area contributed by atoms with E-state index in [1.54, 1.807) is 4.90 Å². The van der Waals surface area contributed by atoms with Crippen molar-refractivity contribution in [2.24, 2.45) is 5.92 Å². The molecule has 3 amide bonds. The number of urea groups is 1. The van der Waals surface area contributed by atoms with Gasteiger partial charge in [-0.25, -0.2) is 9.18 Å². The summed E-state index contributed by atoms with van der Waals surface area (Å²) < 4.78 is 93.6. The molecule has 0 bridgehead atoms. The summed E-state index contributed by atoms with van der Waals surface area (Å²) in [6, 6.07) is 4.94. The molecule has 0 unspecified atom stereocenters. The molecule has 2 aromatic carbocycles. The van der Waals surface area contributed by atoms with Gasteiger partial charge < -0.3 is 15.1 Å². The molecule has 2 aliphatic heterocycles. The number of likely N-dealkylation sites (N-methyl/N-ethyl adjacent to an activating group) is 1. The monoisotopic (exact) mass is 546 g/mol. The number of nitrogens with zero attached hydrogens (tertiary/aromatic N) is 3. The molecular weight excluding hydrogens is 521 g/mol. The lowest BCUT2D eigenvalue weighted by Gasteiger charge is -2.33. The first kappa shape index (κ1) is 27.7. The van der Waals surface area contributed by atoms with Gasteiger partial charge in [0.05, 0.1) is 23.1 Å². The normalized spacial score (nSPS) is 20.3. The highest BCUT2D eigenvalue weighted by Crippen LogP contribution is 2.39. The van der Waals surface area contributed by atoms with E-state index in [1.165, 1.54) is 36.2 Å². The second-order valence-corrected chi connectivity index (χ2v) is 9.54. The zero-order valence-corrected chi connectivity index (χ0v) is 20.4. The first-order chi connectivity index (χ1) is 17.7. The highest BCUT2D eigenvalue weighted by Gasteiger charge is 2.43. The minimum atomic E-state index is -5.07. The van der Waals surface area contributed by atoms with Gasteiger partial charge in [0.15, 0.2) is 0 Å². The summed E-state index contributed by atoms with van der Waals surface area (Å²) in [5.74, 6) is -1.29. The van der Waals surface area contributed by atoms with Crippen LogP contribution in [0.1, 0.15) is 22.6 Å². The molecule has 0 aliphatic carbocycles. The Morgan fingerprint density at radius 1 is 0.895 bits per heavy atom. The standard InChI is InChI=1S/C25H25F7N4O2/c1-34(19-8-16(24(27,28)29)7-17(9-19)25(30,31)32)23(38)35(2)21-13-36(22(37)15-10-33-11-15)12-20(21)14-3-5-18(26)6-4-14/h3-9,15,20-21,33H,10-13H2,1-2H3/t20-,21+/m0/s1. The number of alkyl halides is 6. The fourth-order valence-electron chi connectivity index (χ4n) is 4.74. The van der Waals surface area contributed by atoms with Gasteiger partial charge in [-0.2, -0.15) is 26.3 Å². The van der Waals surface area contributed by atoms with Crippen LogP contribution in [-0.4, -0.2) is 68.1 Å². The Balaban J connectivity index is 1.64. The minimum absolute atomic E-state index is 0.00807. The number of hydrogen-bond acceptors (Lipinski definition) is 3. The van der Waals surface area contributed by atoms with Gasteiger partial charge in [-0.05, 0) is 35.9 Å². The van der Waals surface area contributed by atoms with Gasteiger partial charge in [0, 0.05) is 51.9 Å². The smallest absolute Gasteiger partial charge is 0.340 e. The van der Waals surface area contributed by atoms with E-state index < -0.39 is 53.0 Å². The number of carbonyl (C=O) groups is 2. The molecule has 0 spiro atoms. The minimum Gasteiger partial charge on any atom is -0.340 e. The molecule has 2 aliphatic rings. The summed E-state index contributed by atoms with van der Waals surface area (Å²) in [6.45, 7) is 1.34. The van der Waals surface area contributed by atoms with Gasteiger partial charge in [0.25, 0.3) is 0 Å². The third kappa shape index (κ3) is 5.57. The van der Waals surface area contributed by atoms with Gasteiger partial charge in [-0.3, -0.25) is 9.69 Å². The Hall–Kier alpha value is -3.35. The molecule has 206 valence electrons. The second-order valence-electron chi connectivity index (χ2n) is 9.54. The molecular formula is C25H25F7N4O2. The van der Waals surface area contributed by atoms with Crippen molar-refractivity contribution in [3.05, 3.63) is 65.0 Å². The van der Waals surface area contributed by atoms with Crippen LogP contribution >= 0.6 is 0 Å². The SMILES string of the molecule is CN(C(=O)N(C)[C@@H]1CN(C(=O)C2CNC2)C[C@H]1c1ccc(F)cc1)c1cc(C(F)(F)F)cc(C(F)(F)F)c1. The van der Waals surface area contributed by atoms with Crippen LogP contribution in [0.5, 0.6) is 0 Å². The first-order valence-corrected chi connectivity index (χ1v) is 11.7. The summed E-state index contributed by atoms with van der Waals surface area (Å²) in [5.41, 5.74) is -3.03. The van der Waals surface area contributed by atoms with E-state index in [0.29, 0.717) is 35.7 Å². The molecule has 2 heterocycles. The van der Waals surface area contributed by atoms with Crippen LogP contribution in [0.2, 0.25) is 0 Å². The van der Waals surface area contributed by atoms with Crippen LogP contribution in [0.3, 0.4) is 0 Å². The Labute approximate surface area is 214 Å². The van der Waals surface area contributed by atoms with Crippen molar-refractivity contribution in [1.82, 2.24) is 15.1 Å². The molecule has 1 N–H and O–H groups in total. The third-order valence-electron chi connectivity index (χ3n) is 7.08. The molecule has 2 saturated heterocycles. The van der Waals surface area contributed by atoms with E-state index in [4.69, 9.17) is 0 Å². The largest absolute Gasteiger partial charge is 0.416 e. The average Bonchev–Trinajstić information content (AvgIpc) is 3.26. The third-order valence-corrected chi connectivity index (χ3v) is 7.08. The lowest BCUT2D eigenvalue weighted by Crippen LogP contribution is -2.52. The Kier molecular flexibility index (Phi) is 7.34. The van der Waals surface area contributed by atoms with E-state index in [0.717, 1.165) is 7.05 Å². The van der Waals surface area contributed by atoms with E-state index in [1.807, 2.05) is 0 Å².